The van der Waals surface area contributed by atoms with E-state index in [4.69, 9.17) is 23.2 Å². The number of carbonyl (C=O) groups is 3. The summed E-state index contributed by atoms with van der Waals surface area (Å²) in [7, 11) is 0. The number of nitrogens with one attached hydrogen (secondary N) is 1. The molecule has 1 aliphatic heterocycles. The Hall–Kier alpha value is -2.63. The van der Waals surface area contributed by atoms with Gasteiger partial charge in [0.05, 0.1) is 27.6 Å². The largest absolute Gasteiger partial charge is 0.323 e. The summed E-state index contributed by atoms with van der Waals surface area (Å²) in [5.74, 6) is -0.369. The first-order chi connectivity index (χ1) is 16.0. The highest BCUT2D eigenvalue weighted by molar-refractivity contribution is 6.44. The van der Waals surface area contributed by atoms with E-state index in [1.165, 1.54) is 4.90 Å². The van der Waals surface area contributed by atoms with E-state index in [2.05, 4.69) is 17.5 Å². The molecule has 7 heteroatoms. The predicted octanol–water partition coefficient (Wildman–Crippen LogP) is 4.60. The molecule has 168 valence electrons. The molecule has 1 saturated heterocycles. The minimum absolute atomic E-state index is 0.106. The number of imide groups is 1. The van der Waals surface area contributed by atoms with Gasteiger partial charge in [0.15, 0.2) is 0 Å². The summed E-state index contributed by atoms with van der Waals surface area (Å²) in [4.78, 5) is 42.1. The van der Waals surface area contributed by atoms with Crippen LogP contribution in [-0.2, 0) is 20.8 Å². The van der Waals surface area contributed by atoms with Crippen LogP contribution in [0.25, 0.3) is 0 Å². The maximum atomic E-state index is 13.7. The third-order valence-corrected chi connectivity index (χ3v) is 8.61. The number of carbonyl (C=O) groups excluding carboxylic acids is 3. The number of anilines is 1. The molecule has 2 bridgehead atoms. The number of amides is 3. The molecule has 0 radical (unpaired) electrons. The van der Waals surface area contributed by atoms with Crippen molar-refractivity contribution in [3.05, 3.63) is 76.3 Å². The predicted molar refractivity (Wildman–Crippen MR) is 126 cm³/mol. The quantitative estimate of drug-likeness (QED) is 0.502. The van der Waals surface area contributed by atoms with Crippen molar-refractivity contribution >= 4 is 46.6 Å². The Kier molecular flexibility index (Phi) is 4.89. The number of hydrogen-bond donors (Lipinski definition) is 1. The Labute approximate surface area is 201 Å². The van der Waals surface area contributed by atoms with Gasteiger partial charge in [-0.1, -0.05) is 71.8 Å². The third-order valence-electron chi connectivity index (χ3n) is 7.79. The van der Waals surface area contributed by atoms with E-state index in [1.54, 1.807) is 18.2 Å². The van der Waals surface area contributed by atoms with E-state index in [0.717, 1.165) is 12.0 Å². The number of allylic oxidation sites excluding steroid dienone is 2. The van der Waals surface area contributed by atoms with Gasteiger partial charge in [-0.15, -0.1) is 0 Å². The molecule has 1 heterocycles. The Morgan fingerprint density at radius 2 is 1.58 bits per heavy atom. The molecule has 2 saturated carbocycles. The molecule has 4 aliphatic carbocycles. The highest BCUT2D eigenvalue weighted by Crippen LogP contribution is 2.65. The molecule has 7 atom stereocenters. The van der Waals surface area contributed by atoms with Crippen molar-refractivity contribution in [1.82, 2.24) is 4.90 Å². The van der Waals surface area contributed by atoms with E-state index in [-0.39, 0.29) is 46.9 Å². The number of benzene rings is 2. The Bertz CT molecular complexity index is 1160. The second kappa shape index (κ2) is 7.71. The van der Waals surface area contributed by atoms with Gasteiger partial charge in [0, 0.05) is 6.42 Å². The molecule has 1 N–H and O–H groups in total. The number of nitrogens with zero attached hydrogens (tertiary/aromatic N) is 1. The summed E-state index contributed by atoms with van der Waals surface area (Å²) in [6, 6.07) is 13.4. The molecular weight excluding hydrogens is 459 g/mol. The van der Waals surface area contributed by atoms with E-state index in [1.807, 2.05) is 30.3 Å². The van der Waals surface area contributed by atoms with Gasteiger partial charge in [0.25, 0.3) is 0 Å². The molecule has 0 spiro atoms. The number of likely N-dealkylation sites (tertiary alicyclic amines) is 1. The second-order valence-corrected chi connectivity index (χ2v) is 10.3. The molecular formula is C26H22Cl2N2O3. The minimum Gasteiger partial charge on any atom is -0.323 e. The van der Waals surface area contributed by atoms with Crippen molar-refractivity contribution in [2.24, 2.45) is 35.5 Å². The molecule has 5 nitrogen and oxygen atoms in total. The van der Waals surface area contributed by atoms with Crippen LogP contribution in [-0.4, -0.2) is 28.7 Å². The molecule has 0 unspecified atom stereocenters. The number of halogens is 2. The van der Waals surface area contributed by atoms with E-state index in [0.29, 0.717) is 22.5 Å². The zero-order chi connectivity index (χ0) is 22.9. The minimum atomic E-state index is -0.969. The van der Waals surface area contributed by atoms with Gasteiger partial charge in [-0.25, -0.2) is 0 Å². The van der Waals surface area contributed by atoms with Crippen molar-refractivity contribution < 1.29 is 14.4 Å². The van der Waals surface area contributed by atoms with E-state index in [9.17, 15) is 14.4 Å². The molecule has 5 aliphatic rings. The van der Waals surface area contributed by atoms with E-state index < -0.39 is 11.9 Å². The van der Waals surface area contributed by atoms with Crippen LogP contribution < -0.4 is 5.32 Å². The van der Waals surface area contributed by atoms with Crippen LogP contribution in [0, 0.1) is 35.5 Å². The number of hydrogen-bond acceptors (Lipinski definition) is 3. The van der Waals surface area contributed by atoms with Gasteiger partial charge in [0.2, 0.25) is 17.7 Å². The molecule has 33 heavy (non-hydrogen) atoms. The second-order valence-electron chi connectivity index (χ2n) is 9.50. The molecule has 3 fully saturated rings. The third kappa shape index (κ3) is 3.24. The van der Waals surface area contributed by atoms with Crippen molar-refractivity contribution in [2.75, 3.05) is 5.32 Å². The summed E-state index contributed by atoms with van der Waals surface area (Å²) in [6.45, 7) is 0. The lowest BCUT2D eigenvalue weighted by molar-refractivity contribution is -0.146. The fourth-order valence-electron chi connectivity index (χ4n) is 6.24. The fraction of sp³-hybridized carbons (Fsp3) is 0.346. The lowest BCUT2D eigenvalue weighted by Gasteiger charge is -2.37. The van der Waals surface area contributed by atoms with Gasteiger partial charge in [0.1, 0.15) is 6.04 Å². The maximum Gasteiger partial charge on any atom is 0.248 e. The lowest BCUT2D eigenvalue weighted by Crippen LogP contribution is -2.49. The first-order valence-electron chi connectivity index (χ1n) is 11.3. The van der Waals surface area contributed by atoms with Gasteiger partial charge in [-0.05, 0) is 47.8 Å². The van der Waals surface area contributed by atoms with Crippen LogP contribution in [0.4, 0.5) is 5.69 Å². The molecule has 0 aromatic heterocycles. The summed E-state index contributed by atoms with van der Waals surface area (Å²) >= 11 is 12.4. The first-order valence-corrected chi connectivity index (χ1v) is 12.1. The Morgan fingerprint density at radius 1 is 0.939 bits per heavy atom. The van der Waals surface area contributed by atoms with Crippen molar-refractivity contribution in [3.63, 3.8) is 0 Å². The van der Waals surface area contributed by atoms with Gasteiger partial charge >= 0.3 is 0 Å². The average Bonchev–Trinajstić information content (AvgIpc) is 3.60. The summed E-state index contributed by atoms with van der Waals surface area (Å²) in [5.41, 5.74) is 1.22. The lowest BCUT2D eigenvalue weighted by atomic mass is 9.63. The zero-order valence-electron chi connectivity index (χ0n) is 17.7. The van der Waals surface area contributed by atoms with Crippen LogP contribution in [0.1, 0.15) is 12.0 Å². The van der Waals surface area contributed by atoms with Gasteiger partial charge in [-0.2, -0.15) is 0 Å². The molecule has 2 aromatic rings. The van der Waals surface area contributed by atoms with Crippen LogP contribution >= 0.6 is 23.2 Å². The molecule has 7 rings (SSSR count). The Balaban J connectivity index is 1.34. The summed E-state index contributed by atoms with van der Waals surface area (Å²) in [5, 5.41) is 3.35. The van der Waals surface area contributed by atoms with E-state index >= 15 is 0 Å². The zero-order valence-corrected chi connectivity index (χ0v) is 19.2. The topological polar surface area (TPSA) is 66.5 Å². The van der Waals surface area contributed by atoms with Gasteiger partial charge in [-0.3, -0.25) is 19.3 Å². The monoisotopic (exact) mass is 480 g/mol. The average molecular weight is 481 g/mol. The highest BCUT2D eigenvalue weighted by Gasteiger charge is 2.67. The van der Waals surface area contributed by atoms with Crippen molar-refractivity contribution in [1.29, 1.82) is 0 Å². The summed E-state index contributed by atoms with van der Waals surface area (Å²) in [6.07, 6.45) is 5.59. The first kappa shape index (κ1) is 20.9. The number of rotatable bonds is 5. The highest BCUT2D eigenvalue weighted by atomic mass is 35.5. The summed E-state index contributed by atoms with van der Waals surface area (Å²) < 4.78 is 0. The van der Waals surface area contributed by atoms with Crippen LogP contribution in [0.2, 0.25) is 10.0 Å². The fourth-order valence-corrected chi connectivity index (χ4v) is 6.59. The SMILES string of the molecule is O=C(Nc1cccc(Cl)c1Cl)[C@H](Cc1ccccc1)N1C(=O)[C@@H]2[C@@H]3C=C[C@H]([C@H]4C[C@H]34)[C@@H]2C1=O. The maximum absolute atomic E-state index is 13.7. The van der Waals surface area contributed by atoms with Crippen LogP contribution in [0.15, 0.2) is 60.7 Å². The molecule has 2 aromatic carbocycles. The van der Waals surface area contributed by atoms with Crippen molar-refractivity contribution in [3.8, 4) is 0 Å². The molecule has 3 amide bonds. The van der Waals surface area contributed by atoms with Gasteiger partial charge < -0.3 is 5.32 Å². The smallest absolute Gasteiger partial charge is 0.248 e. The van der Waals surface area contributed by atoms with Crippen LogP contribution in [0.3, 0.4) is 0 Å². The normalized spacial score (nSPS) is 31.9. The standard InChI is InChI=1S/C26H22Cl2N2O3/c27-18-7-4-8-19(23(18)28)29-24(31)20(11-13-5-2-1-3-6-13)30-25(32)21-14-9-10-15(17-12-16(14)17)22(21)26(30)33/h1-10,14-17,20-22H,11-12H2,(H,29,31)/t14-,15-,16-,17-,20+,21-,22+/m1/s1. The Morgan fingerprint density at radius 3 is 2.21 bits per heavy atom. The van der Waals surface area contributed by atoms with Crippen molar-refractivity contribution in [2.45, 2.75) is 18.9 Å². The van der Waals surface area contributed by atoms with Crippen LogP contribution in [0.5, 0.6) is 0 Å².